The minimum Gasteiger partial charge on any atom is -0.484 e. The van der Waals surface area contributed by atoms with E-state index in [-0.39, 0.29) is 30.8 Å². The summed E-state index contributed by atoms with van der Waals surface area (Å²) < 4.78 is 18.0. The first kappa shape index (κ1) is 17.7. The molecule has 2 aromatic carbocycles. The lowest BCUT2D eigenvalue weighted by Crippen LogP contribution is -2.37. The molecule has 126 valence electrons. The van der Waals surface area contributed by atoms with Crippen molar-refractivity contribution in [1.29, 1.82) is 0 Å². The molecule has 0 aliphatic carbocycles. The first-order valence-corrected chi connectivity index (χ1v) is 7.49. The van der Waals surface area contributed by atoms with E-state index in [4.69, 9.17) is 16.3 Å². The molecular formula is C17H16ClFN2O3. The zero-order valence-electron chi connectivity index (χ0n) is 13.0. The van der Waals surface area contributed by atoms with E-state index in [2.05, 4.69) is 5.32 Å². The molecule has 0 fully saturated rings. The van der Waals surface area contributed by atoms with Gasteiger partial charge in [0.1, 0.15) is 11.6 Å². The molecule has 0 bridgehead atoms. The van der Waals surface area contributed by atoms with E-state index < -0.39 is 0 Å². The van der Waals surface area contributed by atoms with Gasteiger partial charge in [0.25, 0.3) is 5.91 Å². The van der Waals surface area contributed by atoms with Gasteiger partial charge in [-0.3, -0.25) is 9.59 Å². The van der Waals surface area contributed by atoms with Crippen molar-refractivity contribution in [3.8, 4) is 5.75 Å². The molecule has 2 rings (SSSR count). The molecule has 0 unspecified atom stereocenters. The van der Waals surface area contributed by atoms with Gasteiger partial charge in [-0.1, -0.05) is 17.7 Å². The Bertz CT molecular complexity index is 722. The van der Waals surface area contributed by atoms with Crippen LogP contribution in [-0.4, -0.2) is 36.9 Å². The fraction of sp³-hybridized carbons (Fsp3) is 0.176. The molecule has 0 saturated heterocycles. The molecule has 1 N–H and O–H groups in total. The third-order valence-corrected chi connectivity index (χ3v) is 3.33. The topological polar surface area (TPSA) is 58.6 Å². The zero-order valence-corrected chi connectivity index (χ0v) is 13.7. The van der Waals surface area contributed by atoms with Crippen molar-refractivity contribution in [2.75, 3.05) is 25.5 Å². The van der Waals surface area contributed by atoms with Gasteiger partial charge < -0.3 is 15.0 Å². The second-order valence-electron chi connectivity index (χ2n) is 5.05. The number of likely N-dealkylation sites (N-methyl/N-ethyl adjacent to an activating group) is 1. The largest absolute Gasteiger partial charge is 0.484 e. The first-order chi connectivity index (χ1) is 11.4. The van der Waals surface area contributed by atoms with Crippen LogP contribution in [0.3, 0.4) is 0 Å². The third kappa shape index (κ3) is 5.55. The summed E-state index contributed by atoms with van der Waals surface area (Å²) in [7, 11) is 1.49. The number of ether oxygens (including phenoxy) is 1. The Labute approximate surface area is 144 Å². The van der Waals surface area contributed by atoms with Crippen LogP contribution < -0.4 is 10.1 Å². The van der Waals surface area contributed by atoms with Crippen LogP contribution in [-0.2, 0) is 9.59 Å². The van der Waals surface area contributed by atoms with E-state index >= 15 is 0 Å². The Kier molecular flexibility index (Phi) is 6.14. The number of halogens is 2. The predicted octanol–water partition coefficient (Wildman–Crippen LogP) is 2.96. The summed E-state index contributed by atoms with van der Waals surface area (Å²) in [6, 6.07) is 12.0. The Morgan fingerprint density at radius 3 is 2.58 bits per heavy atom. The standard InChI is InChI=1S/C17H16ClFN2O3/c1-21(10-16(22)20-14-4-2-3-12(18)9-14)17(23)11-24-15-7-5-13(19)6-8-15/h2-9H,10-11H2,1H3,(H,20,22). The summed E-state index contributed by atoms with van der Waals surface area (Å²) in [4.78, 5) is 25.1. The molecule has 0 aromatic heterocycles. The fourth-order valence-electron chi connectivity index (χ4n) is 1.86. The van der Waals surface area contributed by atoms with Crippen molar-refractivity contribution in [1.82, 2.24) is 4.90 Å². The highest BCUT2D eigenvalue weighted by Gasteiger charge is 2.14. The quantitative estimate of drug-likeness (QED) is 0.871. The van der Waals surface area contributed by atoms with Gasteiger partial charge in [-0.05, 0) is 42.5 Å². The van der Waals surface area contributed by atoms with E-state index in [0.717, 1.165) is 0 Å². The summed E-state index contributed by atoms with van der Waals surface area (Å²) in [5, 5.41) is 3.15. The van der Waals surface area contributed by atoms with Crippen LogP contribution in [0.1, 0.15) is 0 Å². The van der Waals surface area contributed by atoms with Crippen molar-refractivity contribution >= 4 is 29.1 Å². The zero-order chi connectivity index (χ0) is 17.5. The van der Waals surface area contributed by atoms with Gasteiger partial charge in [0.05, 0.1) is 6.54 Å². The number of carbonyl (C=O) groups is 2. The highest BCUT2D eigenvalue weighted by atomic mass is 35.5. The normalized spacial score (nSPS) is 10.1. The van der Waals surface area contributed by atoms with Crippen LogP contribution in [0.5, 0.6) is 5.75 Å². The molecule has 5 nitrogen and oxygen atoms in total. The smallest absolute Gasteiger partial charge is 0.260 e. The maximum absolute atomic E-state index is 12.8. The molecule has 0 radical (unpaired) electrons. The molecule has 0 saturated carbocycles. The molecule has 0 atom stereocenters. The van der Waals surface area contributed by atoms with Crippen LogP contribution in [0.15, 0.2) is 48.5 Å². The summed E-state index contributed by atoms with van der Waals surface area (Å²) in [5.41, 5.74) is 0.552. The van der Waals surface area contributed by atoms with Crippen molar-refractivity contribution < 1.29 is 18.7 Å². The Morgan fingerprint density at radius 1 is 1.21 bits per heavy atom. The summed E-state index contributed by atoms with van der Waals surface area (Å²) in [6.45, 7) is -0.370. The van der Waals surface area contributed by atoms with Gasteiger partial charge in [0, 0.05) is 17.8 Å². The highest BCUT2D eigenvalue weighted by molar-refractivity contribution is 6.30. The average molecular weight is 351 g/mol. The van der Waals surface area contributed by atoms with E-state index in [9.17, 15) is 14.0 Å². The van der Waals surface area contributed by atoms with Crippen molar-refractivity contribution in [2.45, 2.75) is 0 Å². The number of rotatable bonds is 6. The van der Waals surface area contributed by atoms with Crippen LogP contribution in [0.4, 0.5) is 10.1 Å². The first-order valence-electron chi connectivity index (χ1n) is 7.12. The van der Waals surface area contributed by atoms with Gasteiger partial charge in [0.15, 0.2) is 6.61 Å². The number of carbonyl (C=O) groups excluding carboxylic acids is 2. The van der Waals surface area contributed by atoms with Gasteiger partial charge in [-0.25, -0.2) is 4.39 Å². The van der Waals surface area contributed by atoms with Crippen LogP contribution in [0.25, 0.3) is 0 Å². The van der Waals surface area contributed by atoms with Gasteiger partial charge in [-0.2, -0.15) is 0 Å². The second kappa shape index (κ2) is 8.31. The Balaban J connectivity index is 1.80. The van der Waals surface area contributed by atoms with Crippen molar-refractivity contribution in [3.63, 3.8) is 0 Å². The molecule has 2 amide bonds. The van der Waals surface area contributed by atoms with Gasteiger partial charge >= 0.3 is 0 Å². The van der Waals surface area contributed by atoms with Crippen LogP contribution >= 0.6 is 11.6 Å². The van der Waals surface area contributed by atoms with Crippen LogP contribution in [0.2, 0.25) is 5.02 Å². The average Bonchev–Trinajstić information content (AvgIpc) is 2.53. The molecule has 24 heavy (non-hydrogen) atoms. The summed E-state index contributed by atoms with van der Waals surface area (Å²) >= 11 is 5.84. The van der Waals surface area contributed by atoms with Crippen molar-refractivity contribution in [3.05, 3.63) is 59.4 Å². The lowest BCUT2D eigenvalue weighted by atomic mass is 10.3. The monoisotopic (exact) mass is 350 g/mol. The molecule has 0 aliphatic heterocycles. The molecule has 0 spiro atoms. The number of nitrogens with zero attached hydrogens (tertiary/aromatic N) is 1. The van der Waals surface area contributed by atoms with Gasteiger partial charge in [-0.15, -0.1) is 0 Å². The summed E-state index contributed by atoms with van der Waals surface area (Å²) in [6.07, 6.45) is 0. The number of anilines is 1. The number of hydrogen-bond acceptors (Lipinski definition) is 3. The molecule has 2 aromatic rings. The lowest BCUT2D eigenvalue weighted by molar-refractivity contribution is -0.135. The van der Waals surface area contributed by atoms with E-state index in [1.165, 1.54) is 36.2 Å². The maximum atomic E-state index is 12.8. The van der Waals surface area contributed by atoms with E-state index in [1.54, 1.807) is 24.3 Å². The van der Waals surface area contributed by atoms with E-state index in [1.807, 2.05) is 0 Å². The fourth-order valence-corrected chi connectivity index (χ4v) is 2.05. The maximum Gasteiger partial charge on any atom is 0.260 e. The molecule has 7 heteroatoms. The van der Waals surface area contributed by atoms with Crippen molar-refractivity contribution in [2.24, 2.45) is 0 Å². The summed E-state index contributed by atoms with van der Waals surface area (Å²) in [5.74, 6) is -0.736. The highest BCUT2D eigenvalue weighted by Crippen LogP contribution is 2.15. The lowest BCUT2D eigenvalue weighted by Gasteiger charge is -2.17. The molecule has 0 heterocycles. The SMILES string of the molecule is CN(CC(=O)Nc1cccc(Cl)c1)C(=O)COc1ccc(F)cc1. The molecular weight excluding hydrogens is 335 g/mol. The van der Waals surface area contributed by atoms with Gasteiger partial charge in [0.2, 0.25) is 5.91 Å². The third-order valence-electron chi connectivity index (χ3n) is 3.09. The predicted molar refractivity (Wildman–Crippen MR) is 89.6 cm³/mol. The number of hydrogen-bond donors (Lipinski definition) is 1. The van der Waals surface area contributed by atoms with Crippen LogP contribution in [0, 0.1) is 5.82 Å². The molecule has 0 aliphatic rings. The minimum absolute atomic E-state index is 0.127. The van der Waals surface area contributed by atoms with E-state index in [0.29, 0.717) is 16.5 Å². The minimum atomic E-state index is -0.386. The number of nitrogens with one attached hydrogen (secondary N) is 1. The Morgan fingerprint density at radius 2 is 1.92 bits per heavy atom. The Hall–Kier alpha value is -2.60. The number of benzene rings is 2. The second-order valence-corrected chi connectivity index (χ2v) is 5.49. The number of amides is 2.